The van der Waals surface area contributed by atoms with E-state index in [0.29, 0.717) is 12.2 Å². The molecule has 0 aromatic heterocycles. The first kappa shape index (κ1) is 17.1. The first-order chi connectivity index (χ1) is 10.5. The van der Waals surface area contributed by atoms with Gasteiger partial charge < -0.3 is 19.3 Å². The van der Waals surface area contributed by atoms with E-state index in [1.54, 1.807) is 20.3 Å². The minimum Gasteiger partial charge on any atom is -0.497 e. The summed E-state index contributed by atoms with van der Waals surface area (Å²) in [4.78, 5) is 2.35. The van der Waals surface area contributed by atoms with Crippen molar-refractivity contribution in [1.82, 2.24) is 4.90 Å². The lowest BCUT2D eigenvalue weighted by molar-refractivity contribution is -0.0703. The highest BCUT2D eigenvalue weighted by Gasteiger charge is 2.23. The van der Waals surface area contributed by atoms with Crippen molar-refractivity contribution in [2.75, 3.05) is 33.9 Å². The molecule has 5 heteroatoms. The fraction of sp³-hybridized carbons (Fsp3) is 0.647. The largest absolute Gasteiger partial charge is 0.497 e. The Hall–Kier alpha value is -1.30. The molecule has 0 saturated carbocycles. The number of hydrogen-bond acceptors (Lipinski definition) is 5. The van der Waals surface area contributed by atoms with E-state index in [2.05, 4.69) is 18.7 Å². The number of benzene rings is 1. The van der Waals surface area contributed by atoms with Crippen LogP contribution in [0.4, 0.5) is 0 Å². The lowest BCUT2D eigenvalue weighted by Crippen LogP contribution is -2.45. The maximum Gasteiger partial charge on any atom is 0.128 e. The predicted octanol–water partition coefficient (Wildman–Crippen LogP) is 2.24. The predicted molar refractivity (Wildman–Crippen MR) is 85.6 cm³/mol. The van der Waals surface area contributed by atoms with E-state index in [0.717, 1.165) is 30.9 Å². The highest BCUT2D eigenvalue weighted by molar-refractivity contribution is 5.41. The SMILES string of the molecule is COc1ccc(C(O)CCN2CC(C)OC(C)C2)c(OC)c1. The minimum absolute atomic E-state index is 0.247. The zero-order chi connectivity index (χ0) is 16.1. The molecule has 124 valence electrons. The maximum atomic E-state index is 10.5. The number of methoxy groups -OCH3 is 2. The van der Waals surface area contributed by atoms with E-state index in [1.165, 1.54) is 0 Å². The maximum absolute atomic E-state index is 10.5. The standard InChI is InChI=1S/C17H27NO4/c1-12-10-18(11-13(2)22-12)8-7-16(19)15-6-5-14(20-3)9-17(15)21-4/h5-6,9,12-13,16,19H,7-8,10-11H2,1-4H3. The average molecular weight is 309 g/mol. The number of hydrogen-bond donors (Lipinski definition) is 1. The van der Waals surface area contributed by atoms with Crippen LogP contribution in [-0.2, 0) is 4.74 Å². The molecule has 0 spiro atoms. The van der Waals surface area contributed by atoms with E-state index >= 15 is 0 Å². The number of aliphatic hydroxyl groups is 1. The first-order valence-electron chi connectivity index (χ1n) is 7.81. The van der Waals surface area contributed by atoms with E-state index in [1.807, 2.05) is 12.1 Å². The van der Waals surface area contributed by atoms with Gasteiger partial charge in [0.1, 0.15) is 11.5 Å². The fourth-order valence-electron chi connectivity index (χ4n) is 3.02. The smallest absolute Gasteiger partial charge is 0.128 e. The summed E-state index contributed by atoms with van der Waals surface area (Å²) in [5, 5.41) is 10.5. The highest BCUT2D eigenvalue weighted by Crippen LogP contribution is 2.31. The van der Waals surface area contributed by atoms with Gasteiger partial charge in [0.15, 0.2) is 0 Å². The Labute approximate surface area is 132 Å². The number of ether oxygens (including phenoxy) is 3. The summed E-state index contributed by atoms with van der Waals surface area (Å²) in [5.41, 5.74) is 0.803. The van der Waals surface area contributed by atoms with Gasteiger partial charge >= 0.3 is 0 Å². The zero-order valence-electron chi connectivity index (χ0n) is 13.9. The monoisotopic (exact) mass is 309 g/mol. The Kier molecular flexibility index (Phi) is 6.06. The lowest BCUT2D eigenvalue weighted by Gasteiger charge is -2.35. The Morgan fingerprint density at radius 3 is 2.50 bits per heavy atom. The highest BCUT2D eigenvalue weighted by atomic mass is 16.5. The Morgan fingerprint density at radius 1 is 1.23 bits per heavy atom. The molecule has 1 aromatic carbocycles. The molecule has 1 heterocycles. The van der Waals surface area contributed by atoms with Crippen LogP contribution in [0.15, 0.2) is 18.2 Å². The minimum atomic E-state index is -0.547. The summed E-state index contributed by atoms with van der Waals surface area (Å²) in [5.74, 6) is 1.39. The Morgan fingerprint density at radius 2 is 1.91 bits per heavy atom. The van der Waals surface area contributed by atoms with Crippen LogP contribution < -0.4 is 9.47 Å². The van der Waals surface area contributed by atoms with Crippen molar-refractivity contribution in [3.05, 3.63) is 23.8 Å². The van der Waals surface area contributed by atoms with E-state index in [9.17, 15) is 5.11 Å². The van der Waals surface area contributed by atoms with Gasteiger partial charge in [-0.3, -0.25) is 4.90 Å². The van der Waals surface area contributed by atoms with Crippen molar-refractivity contribution < 1.29 is 19.3 Å². The van der Waals surface area contributed by atoms with Gasteiger partial charge in [-0.25, -0.2) is 0 Å². The van der Waals surface area contributed by atoms with Crippen molar-refractivity contribution in [3.63, 3.8) is 0 Å². The van der Waals surface area contributed by atoms with Crippen molar-refractivity contribution in [2.24, 2.45) is 0 Å². The van der Waals surface area contributed by atoms with Crippen LogP contribution >= 0.6 is 0 Å². The molecular formula is C17H27NO4. The van der Waals surface area contributed by atoms with Gasteiger partial charge in [0.25, 0.3) is 0 Å². The Bertz CT molecular complexity index is 470. The van der Waals surface area contributed by atoms with Crippen molar-refractivity contribution in [1.29, 1.82) is 0 Å². The summed E-state index contributed by atoms with van der Waals surface area (Å²) < 4.78 is 16.3. The van der Waals surface area contributed by atoms with Crippen molar-refractivity contribution in [3.8, 4) is 11.5 Å². The molecule has 1 aliphatic rings. The third kappa shape index (κ3) is 4.35. The van der Waals surface area contributed by atoms with Crippen LogP contribution in [-0.4, -0.2) is 56.1 Å². The topological polar surface area (TPSA) is 51.2 Å². The number of aliphatic hydroxyl groups excluding tert-OH is 1. The molecule has 0 amide bonds. The van der Waals surface area contributed by atoms with Crippen LogP contribution in [0.1, 0.15) is 31.9 Å². The van der Waals surface area contributed by atoms with Crippen LogP contribution in [0.25, 0.3) is 0 Å². The second kappa shape index (κ2) is 7.81. The number of rotatable bonds is 6. The molecule has 1 aliphatic heterocycles. The second-order valence-corrected chi connectivity index (χ2v) is 5.93. The second-order valence-electron chi connectivity index (χ2n) is 5.93. The van der Waals surface area contributed by atoms with Crippen LogP contribution in [0.3, 0.4) is 0 Å². The van der Waals surface area contributed by atoms with Crippen molar-refractivity contribution in [2.45, 2.75) is 38.6 Å². The summed E-state index contributed by atoms with van der Waals surface area (Å²) in [7, 11) is 3.22. The van der Waals surface area contributed by atoms with Gasteiger partial charge in [0.05, 0.1) is 32.5 Å². The molecule has 0 aliphatic carbocycles. The van der Waals surface area contributed by atoms with Crippen LogP contribution in [0.5, 0.6) is 11.5 Å². The van der Waals surface area contributed by atoms with E-state index < -0.39 is 6.10 Å². The summed E-state index contributed by atoms with van der Waals surface area (Å²) >= 11 is 0. The molecular weight excluding hydrogens is 282 g/mol. The van der Waals surface area contributed by atoms with Gasteiger partial charge in [-0.1, -0.05) is 0 Å². The molecule has 2 rings (SSSR count). The summed E-state index contributed by atoms with van der Waals surface area (Å²) in [6.07, 6.45) is 0.615. The van der Waals surface area contributed by atoms with Gasteiger partial charge in [-0.05, 0) is 32.4 Å². The average Bonchev–Trinajstić information content (AvgIpc) is 2.51. The number of morpholine rings is 1. The van der Waals surface area contributed by atoms with Gasteiger partial charge in [-0.15, -0.1) is 0 Å². The Balaban J connectivity index is 1.95. The molecule has 1 N–H and O–H groups in total. The first-order valence-corrected chi connectivity index (χ1v) is 7.81. The van der Waals surface area contributed by atoms with Gasteiger partial charge in [0, 0.05) is 31.3 Å². The molecule has 1 saturated heterocycles. The van der Waals surface area contributed by atoms with Crippen LogP contribution in [0, 0.1) is 0 Å². The molecule has 0 radical (unpaired) electrons. The normalized spacial score (nSPS) is 24.0. The lowest BCUT2D eigenvalue weighted by atomic mass is 10.0. The molecule has 5 nitrogen and oxygen atoms in total. The molecule has 1 aromatic rings. The summed E-state index contributed by atoms with van der Waals surface area (Å²) in [6.45, 7) is 6.85. The molecule has 1 fully saturated rings. The van der Waals surface area contributed by atoms with Crippen molar-refractivity contribution >= 4 is 0 Å². The van der Waals surface area contributed by atoms with Gasteiger partial charge in [-0.2, -0.15) is 0 Å². The zero-order valence-corrected chi connectivity index (χ0v) is 13.9. The molecule has 3 unspecified atom stereocenters. The summed E-state index contributed by atoms with van der Waals surface area (Å²) in [6, 6.07) is 5.52. The van der Waals surface area contributed by atoms with E-state index in [-0.39, 0.29) is 12.2 Å². The fourth-order valence-corrected chi connectivity index (χ4v) is 3.02. The third-order valence-corrected chi connectivity index (χ3v) is 4.01. The molecule has 22 heavy (non-hydrogen) atoms. The number of nitrogens with zero attached hydrogens (tertiary/aromatic N) is 1. The molecule has 0 bridgehead atoms. The van der Waals surface area contributed by atoms with Gasteiger partial charge in [0.2, 0.25) is 0 Å². The van der Waals surface area contributed by atoms with Crippen LogP contribution in [0.2, 0.25) is 0 Å². The van der Waals surface area contributed by atoms with E-state index in [4.69, 9.17) is 14.2 Å². The third-order valence-electron chi connectivity index (χ3n) is 4.01. The quantitative estimate of drug-likeness (QED) is 0.873. The molecule has 3 atom stereocenters.